The second kappa shape index (κ2) is 13.2. The molecule has 0 fully saturated rings. The van der Waals surface area contributed by atoms with E-state index in [1.54, 1.807) is 24.3 Å². The number of carbonyl (C=O) groups is 1. The number of amides is 1. The van der Waals surface area contributed by atoms with Crippen molar-refractivity contribution in [2.24, 2.45) is 5.73 Å². The highest BCUT2D eigenvalue weighted by molar-refractivity contribution is 7.52. The molecule has 0 aliphatic heterocycles. The van der Waals surface area contributed by atoms with E-state index in [0.29, 0.717) is 35.9 Å². The van der Waals surface area contributed by atoms with Gasteiger partial charge >= 0.3 is 7.75 Å². The number of benzene rings is 2. The van der Waals surface area contributed by atoms with Crippen LogP contribution in [0, 0.1) is 0 Å². The normalized spacial score (nSPS) is 14.7. The highest BCUT2D eigenvalue weighted by Gasteiger charge is 2.33. The lowest BCUT2D eigenvalue weighted by Crippen LogP contribution is -2.38. The van der Waals surface area contributed by atoms with Gasteiger partial charge in [0.1, 0.15) is 23.7 Å². The number of pyridine rings is 1. The zero-order chi connectivity index (χ0) is 28.7. The van der Waals surface area contributed by atoms with Crippen molar-refractivity contribution in [3.05, 3.63) is 60.4 Å². The molecule has 2 aromatic carbocycles. The minimum absolute atomic E-state index is 0.0102. The zero-order valence-electron chi connectivity index (χ0n) is 23.1. The molecule has 4 aromatic rings. The summed E-state index contributed by atoms with van der Waals surface area (Å²) in [5.41, 5.74) is 13.9. The summed E-state index contributed by atoms with van der Waals surface area (Å²) in [5, 5.41) is 3.56. The van der Waals surface area contributed by atoms with E-state index in [4.69, 9.17) is 30.2 Å². The Hall–Kier alpha value is -3.50. The predicted molar refractivity (Wildman–Crippen MR) is 156 cm³/mol. The maximum atomic E-state index is 14.0. The number of nitrogens with two attached hydrogens (primary N) is 2. The van der Waals surface area contributed by atoms with E-state index in [-0.39, 0.29) is 19.3 Å². The van der Waals surface area contributed by atoms with Crippen LogP contribution in [-0.4, -0.2) is 39.7 Å². The second-order valence-corrected chi connectivity index (χ2v) is 11.2. The first-order valence-corrected chi connectivity index (χ1v) is 15.0. The van der Waals surface area contributed by atoms with Crippen molar-refractivity contribution in [1.29, 1.82) is 0 Å². The number of nitrogens with one attached hydrogen (secondary N) is 1. The third-order valence-electron chi connectivity index (χ3n) is 6.50. The Labute approximate surface area is 233 Å². The summed E-state index contributed by atoms with van der Waals surface area (Å²) in [6.45, 7) is 6.26. The molecule has 2 heterocycles. The quantitative estimate of drug-likeness (QED) is 0.166. The minimum Gasteiger partial charge on any atom is -0.413 e. The van der Waals surface area contributed by atoms with Crippen LogP contribution in [0.1, 0.15) is 51.9 Å². The fraction of sp³-hybridized carbons (Fsp3) is 0.393. The van der Waals surface area contributed by atoms with Gasteiger partial charge in [-0.3, -0.25) is 9.32 Å². The molecule has 3 atom stereocenters. The Bertz CT molecular complexity index is 1500. The number of rotatable bonds is 15. The number of primary amides is 1. The van der Waals surface area contributed by atoms with Crippen LogP contribution in [0.15, 0.2) is 54.6 Å². The molecule has 11 nitrogen and oxygen atoms in total. The molecule has 1 amide bonds. The van der Waals surface area contributed by atoms with Crippen molar-refractivity contribution >= 4 is 41.4 Å². The van der Waals surface area contributed by atoms with Gasteiger partial charge in [0.05, 0.1) is 29.7 Å². The first-order chi connectivity index (χ1) is 19.3. The Morgan fingerprint density at radius 2 is 1.82 bits per heavy atom. The number of carbonyl (C=O) groups excluding carboxylic acids is 1. The summed E-state index contributed by atoms with van der Waals surface area (Å²) in [5.74, 6) is 0.617. The van der Waals surface area contributed by atoms with Gasteiger partial charge in [0.25, 0.3) is 0 Å². The van der Waals surface area contributed by atoms with Gasteiger partial charge in [-0.1, -0.05) is 56.2 Å². The van der Waals surface area contributed by atoms with E-state index in [2.05, 4.69) is 21.6 Å². The molecule has 0 aliphatic rings. The van der Waals surface area contributed by atoms with E-state index in [1.807, 2.05) is 37.3 Å². The van der Waals surface area contributed by atoms with Crippen molar-refractivity contribution in [2.75, 3.05) is 18.9 Å². The van der Waals surface area contributed by atoms with E-state index >= 15 is 0 Å². The molecule has 2 aromatic heterocycles. The number of hydrogen-bond donors (Lipinski definition) is 3. The minimum atomic E-state index is -4.05. The number of imidazole rings is 1. The third kappa shape index (κ3) is 6.79. The maximum absolute atomic E-state index is 14.0. The van der Waals surface area contributed by atoms with Crippen LogP contribution in [0.4, 0.5) is 5.82 Å². The lowest BCUT2D eigenvalue weighted by Gasteiger charge is -2.27. The number of nitrogen functional groups attached to an aromatic ring is 1. The fourth-order valence-electron chi connectivity index (χ4n) is 4.48. The van der Waals surface area contributed by atoms with Crippen molar-refractivity contribution in [2.45, 2.75) is 58.7 Å². The van der Waals surface area contributed by atoms with Gasteiger partial charge in [-0.15, -0.1) is 0 Å². The standard InChI is InChI=1S/C28H37N6O5P/c1-4-6-12-20(17-38-40(36,33-19(3)28(30)35)39-21-13-8-7-9-14-21)34-24(18-37-5-2)32-25-26(34)22-15-10-11-16-23(22)31-27(25)29/h7-11,13-16,19-20H,4-6,12,17-18H2,1-3H3,(H2,29,31)(H2,30,35)(H,33,36)/t19-,20+,40?/m0/s1. The van der Waals surface area contributed by atoms with Crippen LogP contribution in [0.5, 0.6) is 5.75 Å². The van der Waals surface area contributed by atoms with Gasteiger partial charge in [-0.25, -0.2) is 14.5 Å². The molecule has 40 heavy (non-hydrogen) atoms. The summed E-state index contributed by atoms with van der Waals surface area (Å²) >= 11 is 0. The van der Waals surface area contributed by atoms with Gasteiger partial charge < -0.3 is 25.3 Å². The van der Waals surface area contributed by atoms with Gasteiger partial charge in [0.2, 0.25) is 5.91 Å². The molecule has 1 unspecified atom stereocenters. The summed E-state index contributed by atoms with van der Waals surface area (Å²) < 4.78 is 33.7. The number of aromatic nitrogens is 3. The van der Waals surface area contributed by atoms with Gasteiger partial charge in [-0.2, -0.15) is 5.09 Å². The average Bonchev–Trinajstić information content (AvgIpc) is 3.32. The van der Waals surface area contributed by atoms with Crippen molar-refractivity contribution in [3.8, 4) is 5.75 Å². The molecule has 0 saturated carbocycles. The lowest BCUT2D eigenvalue weighted by atomic mass is 10.1. The smallest absolute Gasteiger partial charge is 0.413 e. The van der Waals surface area contributed by atoms with E-state index in [9.17, 15) is 9.36 Å². The Morgan fingerprint density at radius 1 is 1.10 bits per heavy atom. The molecule has 5 N–H and O–H groups in total. The molecule has 0 radical (unpaired) electrons. The van der Waals surface area contributed by atoms with Gasteiger partial charge in [0.15, 0.2) is 5.82 Å². The third-order valence-corrected chi connectivity index (χ3v) is 8.15. The van der Waals surface area contributed by atoms with Crippen LogP contribution < -0.4 is 21.1 Å². The molecule has 0 bridgehead atoms. The molecule has 4 rings (SSSR count). The Morgan fingerprint density at radius 3 is 2.52 bits per heavy atom. The molecule has 12 heteroatoms. The molecule has 0 spiro atoms. The fourth-order valence-corrected chi connectivity index (χ4v) is 6.03. The summed E-state index contributed by atoms with van der Waals surface area (Å²) in [6.07, 6.45) is 2.49. The monoisotopic (exact) mass is 568 g/mol. The number of hydrogen-bond acceptors (Lipinski definition) is 8. The molecule has 214 valence electrons. The van der Waals surface area contributed by atoms with Crippen LogP contribution in [0.2, 0.25) is 0 Å². The molecule has 0 saturated heterocycles. The maximum Gasteiger partial charge on any atom is 0.459 e. The summed E-state index contributed by atoms with van der Waals surface area (Å²) in [4.78, 5) is 21.2. The molecular formula is C28H37N6O5P. The van der Waals surface area contributed by atoms with Crippen molar-refractivity contribution in [1.82, 2.24) is 19.6 Å². The highest BCUT2D eigenvalue weighted by Crippen LogP contribution is 2.46. The summed E-state index contributed by atoms with van der Waals surface area (Å²) in [6, 6.07) is 15.1. The van der Waals surface area contributed by atoms with E-state index < -0.39 is 19.7 Å². The van der Waals surface area contributed by atoms with Crippen molar-refractivity contribution in [3.63, 3.8) is 0 Å². The Balaban J connectivity index is 1.79. The first kappa shape index (κ1) is 29.5. The van der Waals surface area contributed by atoms with Gasteiger partial charge in [-0.05, 0) is 38.5 Å². The van der Waals surface area contributed by atoms with Crippen LogP contribution >= 0.6 is 7.75 Å². The second-order valence-electron chi connectivity index (χ2n) is 9.49. The predicted octanol–water partition coefficient (Wildman–Crippen LogP) is 5.10. The van der Waals surface area contributed by atoms with Gasteiger partial charge in [0, 0.05) is 12.0 Å². The first-order valence-electron chi connectivity index (χ1n) is 13.4. The van der Waals surface area contributed by atoms with Crippen LogP contribution in [-0.2, 0) is 25.2 Å². The molecule has 0 aliphatic carbocycles. The number of ether oxygens (including phenoxy) is 1. The number of para-hydroxylation sites is 2. The topological polar surface area (TPSA) is 157 Å². The summed E-state index contributed by atoms with van der Waals surface area (Å²) in [7, 11) is -4.05. The zero-order valence-corrected chi connectivity index (χ0v) is 24.0. The average molecular weight is 569 g/mol. The van der Waals surface area contributed by atoms with E-state index in [0.717, 1.165) is 29.3 Å². The SMILES string of the molecule is CCCC[C@H](COP(=O)(N[C@@H](C)C(N)=O)Oc1ccccc1)n1c(COCC)nc2c(N)nc3ccccc3c21. The Kier molecular flexibility index (Phi) is 9.76. The highest BCUT2D eigenvalue weighted by atomic mass is 31.2. The molecular weight excluding hydrogens is 531 g/mol. The van der Waals surface area contributed by atoms with Crippen LogP contribution in [0.25, 0.3) is 21.9 Å². The van der Waals surface area contributed by atoms with Crippen molar-refractivity contribution < 1.29 is 23.1 Å². The number of fused-ring (bicyclic) bond motifs is 3. The van der Waals surface area contributed by atoms with Crippen LogP contribution in [0.3, 0.4) is 0 Å². The number of unbranched alkanes of at least 4 members (excludes halogenated alkanes) is 1. The number of anilines is 1. The van der Waals surface area contributed by atoms with E-state index in [1.165, 1.54) is 6.92 Å². The lowest BCUT2D eigenvalue weighted by molar-refractivity contribution is -0.119. The number of nitrogens with zero attached hydrogens (tertiary/aromatic N) is 3. The largest absolute Gasteiger partial charge is 0.459 e.